The van der Waals surface area contributed by atoms with Crippen molar-refractivity contribution in [2.24, 2.45) is 0 Å². The Balaban J connectivity index is 1.02. The second-order valence-electron chi connectivity index (χ2n) is 16.1. The molecule has 0 aliphatic rings. The SMILES string of the molecule is c1ccc(-c2nc(-n3c4ccc(-c5cccc6c5c5ccccc5n6-c5ccc(-c6cccc7ccccc67)cc5)cc4c4ccc5ccccc5c43)nc3ccccc23)cc1. The van der Waals surface area contributed by atoms with Crippen LogP contribution in [0, 0.1) is 0 Å². The normalized spacial score (nSPS) is 11.9. The summed E-state index contributed by atoms with van der Waals surface area (Å²) in [6, 6.07) is 78.6. The van der Waals surface area contributed by atoms with Crippen molar-refractivity contribution in [1.29, 1.82) is 0 Å². The number of rotatable bonds is 5. The van der Waals surface area contributed by atoms with E-state index in [1.54, 1.807) is 0 Å². The van der Waals surface area contributed by atoms with Gasteiger partial charge in [0.2, 0.25) is 5.95 Å². The van der Waals surface area contributed by atoms with Gasteiger partial charge in [0.05, 0.1) is 33.3 Å². The van der Waals surface area contributed by atoms with Crippen LogP contribution in [-0.2, 0) is 0 Å². The fraction of sp³-hybridized carbons (Fsp3) is 0. The van der Waals surface area contributed by atoms with Gasteiger partial charge in [-0.25, -0.2) is 9.97 Å². The molecule has 0 spiro atoms. The van der Waals surface area contributed by atoms with Crippen molar-refractivity contribution in [3.05, 3.63) is 218 Å². The van der Waals surface area contributed by atoms with Crippen LogP contribution in [0.5, 0.6) is 0 Å². The van der Waals surface area contributed by atoms with Gasteiger partial charge in [-0.15, -0.1) is 0 Å². The Bertz CT molecular complexity index is 3910. The molecular formula is C58H36N4. The summed E-state index contributed by atoms with van der Waals surface area (Å²) in [4.78, 5) is 10.7. The first-order valence-electron chi connectivity index (χ1n) is 21.2. The first-order valence-corrected chi connectivity index (χ1v) is 21.2. The van der Waals surface area contributed by atoms with E-state index < -0.39 is 0 Å². The molecule has 3 heterocycles. The molecular weight excluding hydrogens is 753 g/mol. The van der Waals surface area contributed by atoms with Gasteiger partial charge in [-0.05, 0) is 80.9 Å². The molecule has 0 bridgehead atoms. The van der Waals surface area contributed by atoms with E-state index in [0.717, 1.165) is 55.2 Å². The van der Waals surface area contributed by atoms with Gasteiger partial charge in [-0.3, -0.25) is 4.57 Å². The zero-order valence-corrected chi connectivity index (χ0v) is 33.6. The predicted molar refractivity (Wildman–Crippen MR) is 260 cm³/mol. The lowest BCUT2D eigenvalue weighted by molar-refractivity contribution is 1.02. The van der Waals surface area contributed by atoms with E-state index >= 15 is 0 Å². The van der Waals surface area contributed by atoms with E-state index in [2.05, 4.69) is 221 Å². The third kappa shape index (κ3) is 5.20. The topological polar surface area (TPSA) is 35.6 Å². The fourth-order valence-corrected chi connectivity index (χ4v) is 9.94. The lowest BCUT2D eigenvalue weighted by Gasteiger charge is -2.13. The molecule has 10 aromatic carbocycles. The van der Waals surface area contributed by atoms with Crippen LogP contribution in [0.1, 0.15) is 0 Å². The van der Waals surface area contributed by atoms with Crippen LogP contribution in [-0.4, -0.2) is 19.1 Å². The molecule has 13 rings (SSSR count). The molecule has 13 aromatic rings. The average Bonchev–Trinajstić information content (AvgIpc) is 3.87. The van der Waals surface area contributed by atoms with E-state index in [0.29, 0.717) is 5.95 Å². The molecule has 62 heavy (non-hydrogen) atoms. The molecule has 0 N–H and O–H groups in total. The van der Waals surface area contributed by atoms with Crippen LogP contribution in [0.4, 0.5) is 0 Å². The van der Waals surface area contributed by atoms with Crippen molar-refractivity contribution in [2.45, 2.75) is 0 Å². The molecule has 0 fully saturated rings. The fourth-order valence-electron chi connectivity index (χ4n) is 9.94. The summed E-state index contributed by atoms with van der Waals surface area (Å²) < 4.78 is 4.70. The highest BCUT2D eigenvalue weighted by atomic mass is 15.2. The highest BCUT2D eigenvalue weighted by Gasteiger charge is 2.21. The molecule has 0 aliphatic carbocycles. The van der Waals surface area contributed by atoms with Crippen molar-refractivity contribution in [2.75, 3.05) is 0 Å². The first kappa shape index (κ1) is 34.5. The van der Waals surface area contributed by atoms with Gasteiger partial charge in [0.1, 0.15) is 0 Å². The van der Waals surface area contributed by atoms with E-state index in [4.69, 9.17) is 9.97 Å². The minimum absolute atomic E-state index is 0.656. The summed E-state index contributed by atoms with van der Waals surface area (Å²) in [7, 11) is 0. The van der Waals surface area contributed by atoms with Crippen molar-refractivity contribution < 1.29 is 0 Å². The number of para-hydroxylation sites is 2. The van der Waals surface area contributed by atoms with Gasteiger partial charge in [-0.1, -0.05) is 176 Å². The van der Waals surface area contributed by atoms with Crippen molar-refractivity contribution in [1.82, 2.24) is 19.1 Å². The summed E-state index contributed by atoms with van der Waals surface area (Å²) >= 11 is 0. The zero-order valence-electron chi connectivity index (χ0n) is 33.6. The lowest BCUT2D eigenvalue weighted by atomic mass is 9.97. The second-order valence-corrected chi connectivity index (χ2v) is 16.1. The molecule has 288 valence electrons. The smallest absolute Gasteiger partial charge is 0.235 e. The Labute approximate surface area is 357 Å². The third-order valence-corrected chi connectivity index (χ3v) is 12.7. The van der Waals surface area contributed by atoms with Gasteiger partial charge in [0.15, 0.2) is 0 Å². The van der Waals surface area contributed by atoms with Crippen molar-refractivity contribution in [3.63, 3.8) is 0 Å². The Morgan fingerprint density at radius 2 is 0.952 bits per heavy atom. The van der Waals surface area contributed by atoms with Crippen LogP contribution in [0.3, 0.4) is 0 Å². The highest BCUT2D eigenvalue weighted by molar-refractivity contribution is 6.21. The highest BCUT2D eigenvalue weighted by Crippen LogP contribution is 2.43. The van der Waals surface area contributed by atoms with E-state index in [1.807, 2.05) is 6.07 Å². The average molecular weight is 789 g/mol. The van der Waals surface area contributed by atoms with Crippen LogP contribution < -0.4 is 0 Å². The molecule has 4 nitrogen and oxygen atoms in total. The Morgan fingerprint density at radius 1 is 0.323 bits per heavy atom. The minimum Gasteiger partial charge on any atom is -0.309 e. The molecule has 0 radical (unpaired) electrons. The van der Waals surface area contributed by atoms with Gasteiger partial charge >= 0.3 is 0 Å². The maximum absolute atomic E-state index is 5.39. The van der Waals surface area contributed by atoms with Gasteiger partial charge < -0.3 is 4.57 Å². The molecule has 0 atom stereocenters. The number of fused-ring (bicyclic) bond motifs is 10. The summed E-state index contributed by atoms with van der Waals surface area (Å²) in [6.07, 6.45) is 0. The number of benzene rings is 10. The lowest BCUT2D eigenvalue weighted by Crippen LogP contribution is -2.03. The maximum atomic E-state index is 5.39. The largest absolute Gasteiger partial charge is 0.309 e. The molecule has 0 unspecified atom stereocenters. The van der Waals surface area contributed by atoms with Crippen LogP contribution >= 0.6 is 0 Å². The number of hydrogen-bond donors (Lipinski definition) is 0. The summed E-state index contributed by atoms with van der Waals surface area (Å²) in [6.45, 7) is 0. The maximum Gasteiger partial charge on any atom is 0.235 e. The second kappa shape index (κ2) is 13.6. The van der Waals surface area contributed by atoms with Crippen LogP contribution in [0.15, 0.2) is 218 Å². The van der Waals surface area contributed by atoms with E-state index in [1.165, 1.54) is 60.0 Å². The Hall–Kier alpha value is -8.34. The van der Waals surface area contributed by atoms with Crippen molar-refractivity contribution >= 4 is 76.1 Å². The summed E-state index contributed by atoms with van der Waals surface area (Å²) in [5.74, 6) is 0.656. The van der Waals surface area contributed by atoms with Gasteiger partial charge in [-0.2, -0.15) is 0 Å². The van der Waals surface area contributed by atoms with Crippen molar-refractivity contribution in [3.8, 4) is 45.1 Å². The standard InChI is InChI=1S/C58H36N4/c1-2-16-40(17-3-1)56-48-21-8-10-25-51(48)59-58(60-56)62-53-35-31-41(36-50(53)47-34-30-38-15-5-7-20-46(38)57(47)62)45-24-13-27-54-55(45)49-22-9-11-26-52(49)61(54)42-32-28-39(29-33-42)44-23-12-18-37-14-4-6-19-43(37)44/h1-36H. The number of hydrogen-bond acceptors (Lipinski definition) is 2. The van der Waals surface area contributed by atoms with E-state index in [9.17, 15) is 0 Å². The third-order valence-electron chi connectivity index (χ3n) is 12.7. The summed E-state index contributed by atoms with van der Waals surface area (Å²) in [5, 5.41) is 10.7. The van der Waals surface area contributed by atoms with Crippen LogP contribution in [0.25, 0.3) is 121 Å². The molecule has 4 heteroatoms. The Kier molecular flexibility index (Phi) is 7.57. The Morgan fingerprint density at radius 3 is 1.81 bits per heavy atom. The van der Waals surface area contributed by atoms with E-state index in [-0.39, 0.29) is 0 Å². The molecule has 0 saturated heterocycles. The summed E-state index contributed by atoms with van der Waals surface area (Å²) in [5.41, 5.74) is 13.4. The predicted octanol–water partition coefficient (Wildman–Crippen LogP) is 15.1. The minimum atomic E-state index is 0.656. The quantitative estimate of drug-likeness (QED) is 0.174. The number of aromatic nitrogens is 4. The monoisotopic (exact) mass is 788 g/mol. The molecule has 3 aromatic heterocycles. The first-order chi connectivity index (χ1) is 30.8. The van der Waals surface area contributed by atoms with Gasteiger partial charge in [0.25, 0.3) is 0 Å². The zero-order chi connectivity index (χ0) is 40.7. The molecule has 0 amide bonds. The molecule has 0 aliphatic heterocycles. The van der Waals surface area contributed by atoms with Crippen LogP contribution in [0.2, 0.25) is 0 Å². The van der Waals surface area contributed by atoms with Gasteiger partial charge in [0, 0.05) is 43.6 Å². The number of nitrogens with zero attached hydrogens (tertiary/aromatic N) is 4. The molecule has 0 saturated carbocycles.